The predicted octanol–water partition coefficient (Wildman–Crippen LogP) is 3.75. The van der Waals surface area contributed by atoms with Gasteiger partial charge in [-0.2, -0.15) is 0 Å². The lowest BCUT2D eigenvalue weighted by atomic mass is 10.2. The number of para-hydroxylation sites is 1. The molecule has 3 aromatic heterocycles. The van der Waals surface area contributed by atoms with E-state index >= 15 is 0 Å². The van der Waals surface area contributed by atoms with E-state index in [0.717, 1.165) is 29.1 Å². The first kappa shape index (κ1) is 21.6. The summed E-state index contributed by atoms with van der Waals surface area (Å²) in [5.74, 6) is 3.98. The van der Waals surface area contributed by atoms with Gasteiger partial charge in [0.15, 0.2) is 5.82 Å². The summed E-state index contributed by atoms with van der Waals surface area (Å²) in [4.78, 5) is 12.9. The zero-order chi connectivity index (χ0) is 22.3. The second-order valence-corrected chi connectivity index (χ2v) is 7.71. The first-order valence-corrected chi connectivity index (χ1v) is 10.9. The van der Waals surface area contributed by atoms with Gasteiger partial charge < -0.3 is 9.47 Å². The minimum atomic E-state index is 0.543. The van der Waals surface area contributed by atoms with Crippen LogP contribution in [0.25, 0.3) is 17.1 Å². The van der Waals surface area contributed by atoms with Crippen LogP contribution in [-0.4, -0.2) is 49.7 Å². The van der Waals surface area contributed by atoms with Gasteiger partial charge in [0.25, 0.3) is 0 Å². The maximum Gasteiger partial charge on any atom is 0.239 e. The van der Waals surface area contributed by atoms with E-state index in [1.54, 1.807) is 26.6 Å². The van der Waals surface area contributed by atoms with Crippen LogP contribution in [0.15, 0.2) is 55.1 Å². The predicted molar refractivity (Wildman–Crippen MR) is 124 cm³/mol. The van der Waals surface area contributed by atoms with Gasteiger partial charge in [-0.25, -0.2) is 9.97 Å². The Bertz CT molecular complexity index is 1140. The zero-order valence-electron chi connectivity index (χ0n) is 18.0. The van der Waals surface area contributed by atoms with Crippen molar-refractivity contribution in [3.05, 3.63) is 66.5 Å². The number of pyridine rings is 1. The molecule has 4 aromatic rings. The van der Waals surface area contributed by atoms with E-state index in [2.05, 4.69) is 29.9 Å². The topological polar surface area (TPSA) is 99.9 Å². The quantitative estimate of drug-likeness (QED) is 0.302. The summed E-state index contributed by atoms with van der Waals surface area (Å²) < 4.78 is 16.4. The van der Waals surface area contributed by atoms with E-state index in [1.807, 2.05) is 54.2 Å². The number of nitrogens with zero attached hydrogens (tertiary/aromatic N) is 6. The Morgan fingerprint density at radius 1 is 0.969 bits per heavy atom. The minimum absolute atomic E-state index is 0.543. The lowest BCUT2D eigenvalue weighted by Crippen LogP contribution is -2.07. The molecule has 1 aromatic carbocycles. The van der Waals surface area contributed by atoms with Gasteiger partial charge in [-0.05, 0) is 48.7 Å². The number of aromatic nitrogens is 6. The normalized spacial score (nSPS) is 10.7. The lowest BCUT2D eigenvalue weighted by molar-refractivity contribution is 0.391. The second-order valence-electron chi connectivity index (χ2n) is 6.81. The maximum atomic E-state index is 5.63. The molecule has 10 heteroatoms. The molecule has 4 rings (SSSR count). The summed E-state index contributed by atoms with van der Waals surface area (Å²) in [6, 6.07) is 9.41. The van der Waals surface area contributed by atoms with E-state index in [-0.39, 0.29) is 0 Å². The first-order chi connectivity index (χ1) is 15.7. The number of anilines is 1. The molecule has 0 aliphatic rings. The van der Waals surface area contributed by atoms with Crippen molar-refractivity contribution in [2.45, 2.75) is 13.3 Å². The third-order valence-electron chi connectivity index (χ3n) is 4.63. The van der Waals surface area contributed by atoms with Crippen LogP contribution in [0.4, 0.5) is 5.95 Å². The van der Waals surface area contributed by atoms with Crippen molar-refractivity contribution in [2.24, 2.45) is 0 Å². The number of hydrogen-bond acceptors (Lipinski definition) is 9. The number of rotatable bonds is 9. The molecule has 0 unspecified atom stereocenters. The van der Waals surface area contributed by atoms with Crippen molar-refractivity contribution in [2.75, 3.05) is 24.7 Å². The number of benzene rings is 1. The number of ether oxygens (including phenoxy) is 2. The van der Waals surface area contributed by atoms with Crippen LogP contribution in [0, 0.1) is 6.92 Å². The monoisotopic (exact) mass is 449 g/mol. The van der Waals surface area contributed by atoms with Crippen LogP contribution in [-0.2, 0) is 6.42 Å². The van der Waals surface area contributed by atoms with Gasteiger partial charge in [-0.1, -0.05) is 6.07 Å². The van der Waals surface area contributed by atoms with Crippen LogP contribution in [0.5, 0.6) is 11.5 Å². The van der Waals surface area contributed by atoms with E-state index < -0.39 is 0 Å². The Morgan fingerprint density at radius 3 is 2.38 bits per heavy atom. The van der Waals surface area contributed by atoms with Crippen LogP contribution in [0.3, 0.4) is 0 Å². The van der Waals surface area contributed by atoms with Crippen LogP contribution < -0.4 is 14.2 Å². The molecule has 1 N–H and O–H groups in total. The number of nitrogens with one attached hydrogen (secondary N) is 1. The van der Waals surface area contributed by atoms with Gasteiger partial charge in [0.1, 0.15) is 23.0 Å². The first-order valence-electron chi connectivity index (χ1n) is 9.93. The van der Waals surface area contributed by atoms with Crippen molar-refractivity contribution < 1.29 is 9.47 Å². The highest BCUT2D eigenvalue weighted by molar-refractivity contribution is 8.00. The van der Waals surface area contributed by atoms with E-state index in [0.29, 0.717) is 29.0 Å². The average Bonchev–Trinajstić information content (AvgIpc) is 3.26. The zero-order valence-corrected chi connectivity index (χ0v) is 18.8. The van der Waals surface area contributed by atoms with Gasteiger partial charge in [0.05, 0.1) is 14.2 Å². The summed E-state index contributed by atoms with van der Waals surface area (Å²) in [6.45, 7) is 1.97. The summed E-state index contributed by atoms with van der Waals surface area (Å²) >= 11 is 1.50. The average molecular weight is 450 g/mol. The Hall–Kier alpha value is -3.66. The molecule has 0 amide bonds. The summed E-state index contributed by atoms with van der Waals surface area (Å²) in [7, 11) is 3.24. The van der Waals surface area contributed by atoms with Crippen LogP contribution in [0.2, 0.25) is 0 Å². The Morgan fingerprint density at radius 2 is 1.72 bits per heavy atom. The van der Waals surface area contributed by atoms with Crippen molar-refractivity contribution in [1.29, 1.82) is 0 Å². The highest BCUT2D eigenvalue weighted by atomic mass is 32.2. The molecule has 0 aliphatic heterocycles. The second kappa shape index (κ2) is 10.1. The Labute approximate surface area is 190 Å². The number of methoxy groups -OCH3 is 2. The smallest absolute Gasteiger partial charge is 0.239 e. The molecule has 0 saturated heterocycles. The van der Waals surface area contributed by atoms with E-state index in [9.17, 15) is 0 Å². The molecular formula is C22H23N7O2S. The standard InChI is InChI=1S/C22H23N7O2S/c1-15-12-24-19(25-13-15)9-11-32-28-22-27-26-21(16-6-5-10-23-14-16)29(22)20-17(30-2)7-4-8-18(20)31-3/h4-8,10,12-14H,9,11H2,1-3H3,(H,27,28). The molecule has 0 aliphatic carbocycles. The molecule has 0 radical (unpaired) electrons. The molecule has 32 heavy (non-hydrogen) atoms. The fraction of sp³-hybridized carbons (Fsp3) is 0.227. The highest BCUT2D eigenvalue weighted by Gasteiger charge is 2.22. The van der Waals surface area contributed by atoms with Gasteiger partial charge in [-0.3, -0.25) is 14.3 Å². The molecule has 3 heterocycles. The fourth-order valence-electron chi connectivity index (χ4n) is 3.10. The molecular weight excluding hydrogens is 426 g/mol. The van der Waals surface area contributed by atoms with Crippen LogP contribution >= 0.6 is 11.9 Å². The SMILES string of the molecule is COc1cccc(OC)c1-n1c(NSCCc2ncc(C)cn2)nnc1-c1cccnc1. The third-order valence-corrected chi connectivity index (χ3v) is 5.37. The van der Waals surface area contributed by atoms with Gasteiger partial charge >= 0.3 is 0 Å². The van der Waals surface area contributed by atoms with E-state index in [4.69, 9.17) is 9.47 Å². The molecule has 0 saturated carbocycles. The molecule has 0 fully saturated rings. The number of aryl methyl sites for hydroxylation is 2. The van der Waals surface area contributed by atoms with Crippen molar-refractivity contribution in [3.63, 3.8) is 0 Å². The number of hydrogen-bond donors (Lipinski definition) is 1. The van der Waals surface area contributed by atoms with E-state index in [1.165, 1.54) is 11.9 Å². The molecule has 0 spiro atoms. The Kier molecular flexibility index (Phi) is 6.81. The fourth-order valence-corrected chi connectivity index (χ4v) is 3.75. The molecule has 9 nitrogen and oxygen atoms in total. The molecule has 164 valence electrons. The van der Waals surface area contributed by atoms with Gasteiger partial charge in [0.2, 0.25) is 5.95 Å². The lowest BCUT2D eigenvalue weighted by Gasteiger charge is -2.17. The minimum Gasteiger partial charge on any atom is -0.494 e. The summed E-state index contributed by atoms with van der Waals surface area (Å²) in [6.07, 6.45) is 7.83. The maximum absolute atomic E-state index is 5.63. The Balaban J connectivity index is 1.65. The molecule has 0 bridgehead atoms. The van der Waals surface area contributed by atoms with Gasteiger partial charge in [-0.15, -0.1) is 10.2 Å². The van der Waals surface area contributed by atoms with Crippen LogP contribution in [0.1, 0.15) is 11.4 Å². The van der Waals surface area contributed by atoms with Crippen molar-refractivity contribution in [3.8, 4) is 28.6 Å². The highest BCUT2D eigenvalue weighted by Crippen LogP contribution is 2.37. The molecule has 0 atom stereocenters. The largest absolute Gasteiger partial charge is 0.494 e. The van der Waals surface area contributed by atoms with Crippen molar-refractivity contribution >= 4 is 17.9 Å². The summed E-state index contributed by atoms with van der Waals surface area (Å²) in [5.41, 5.74) is 2.56. The third kappa shape index (κ3) is 4.65. The van der Waals surface area contributed by atoms with Crippen molar-refractivity contribution in [1.82, 2.24) is 29.7 Å². The van der Waals surface area contributed by atoms with Gasteiger partial charge in [0, 0.05) is 42.5 Å². The summed E-state index contributed by atoms with van der Waals surface area (Å²) in [5, 5.41) is 8.81.